The molecule has 0 bridgehead atoms. The highest BCUT2D eigenvalue weighted by molar-refractivity contribution is 5.69. The van der Waals surface area contributed by atoms with Crippen LogP contribution in [0, 0.1) is 0 Å². The van der Waals surface area contributed by atoms with Crippen molar-refractivity contribution in [3.05, 3.63) is 35.4 Å². The van der Waals surface area contributed by atoms with Gasteiger partial charge in [-0.1, -0.05) is 19.1 Å². The van der Waals surface area contributed by atoms with E-state index in [-0.39, 0.29) is 30.9 Å². The topological polar surface area (TPSA) is 92.9 Å². The maximum absolute atomic E-state index is 12.9. The monoisotopic (exact) mass is 501 g/mol. The maximum Gasteiger partial charge on any atom is 0.416 e. The molecule has 3 rings (SSSR count). The predicted molar refractivity (Wildman–Crippen MR) is 127 cm³/mol. The molecule has 0 aliphatic carbocycles. The third kappa shape index (κ3) is 7.51. The second-order valence-corrected chi connectivity index (χ2v) is 9.80. The van der Waals surface area contributed by atoms with Crippen LogP contribution in [0.2, 0.25) is 0 Å². The molecule has 5 N–H and O–H groups in total. The van der Waals surface area contributed by atoms with Gasteiger partial charge in [0.1, 0.15) is 18.2 Å². The zero-order valence-electron chi connectivity index (χ0n) is 21.0. The lowest BCUT2D eigenvalue weighted by Gasteiger charge is -2.48. The fourth-order valence-corrected chi connectivity index (χ4v) is 4.24. The van der Waals surface area contributed by atoms with Crippen LogP contribution in [0.25, 0.3) is 0 Å². The van der Waals surface area contributed by atoms with Gasteiger partial charge in [0.2, 0.25) is 0 Å². The lowest BCUT2D eigenvalue weighted by Crippen LogP contribution is -2.79. The van der Waals surface area contributed by atoms with Crippen molar-refractivity contribution in [2.45, 2.75) is 70.8 Å². The first-order valence-corrected chi connectivity index (χ1v) is 12.0. The van der Waals surface area contributed by atoms with E-state index in [0.717, 1.165) is 17.7 Å². The van der Waals surface area contributed by atoms with E-state index in [1.165, 1.54) is 12.1 Å². The number of nitrogens with one attached hydrogen (secondary N) is 5. The quantitative estimate of drug-likeness (QED) is 0.402. The van der Waals surface area contributed by atoms with Crippen molar-refractivity contribution < 1.29 is 22.7 Å². The summed E-state index contributed by atoms with van der Waals surface area (Å²) < 4.78 is 44.4. The molecule has 4 unspecified atom stereocenters. The van der Waals surface area contributed by atoms with E-state index in [0.29, 0.717) is 32.7 Å². The minimum Gasteiger partial charge on any atom is -0.444 e. The van der Waals surface area contributed by atoms with Crippen molar-refractivity contribution in [1.82, 2.24) is 36.4 Å². The Balaban J connectivity index is 1.74. The van der Waals surface area contributed by atoms with Crippen LogP contribution in [0.3, 0.4) is 0 Å². The van der Waals surface area contributed by atoms with Crippen molar-refractivity contribution in [1.29, 1.82) is 0 Å². The summed E-state index contributed by atoms with van der Waals surface area (Å²) in [5.74, 6) is 0. The molecule has 1 aromatic carbocycles. The van der Waals surface area contributed by atoms with Gasteiger partial charge in [0.15, 0.2) is 0 Å². The van der Waals surface area contributed by atoms with Crippen LogP contribution in [0.4, 0.5) is 18.0 Å². The van der Waals surface area contributed by atoms with Crippen LogP contribution in [-0.4, -0.2) is 79.5 Å². The summed E-state index contributed by atoms with van der Waals surface area (Å²) >= 11 is 0. The number of ether oxygens (including phenoxy) is 1. The Hall–Kier alpha value is -1.96. The highest BCUT2D eigenvalue weighted by Crippen LogP contribution is 2.29. The third-order valence-corrected chi connectivity index (χ3v) is 6.03. The fraction of sp³-hybridized carbons (Fsp3) is 0.696. The summed E-state index contributed by atoms with van der Waals surface area (Å²) in [4.78, 5) is 16.8. The summed E-state index contributed by atoms with van der Waals surface area (Å²) in [5.41, 5.74) is -0.489. The molecule has 0 saturated carbocycles. The van der Waals surface area contributed by atoms with Gasteiger partial charge in [0, 0.05) is 26.2 Å². The molecule has 2 fully saturated rings. The van der Waals surface area contributed by atoms with Gasteiger partial charge in [-0.05, 0) is 52.1 Å². The van der Waals surface area contributed by atoms with Gasteiger partial charge >= 0.3 is 12.3 Å². The maximum atomic E-state index is 12.9. The molecule has 0 aromatic heterocycles. The number of benzene rings is 1. The van der Waals surface area contributed by atoms with Gasteiger partial charge in [0.25, 0.3) is 0 Å². The van der Waals surface area contributed by atoms with E-state index in [4.69, 9.17) is 4.74 Å². The molecule has 2 aliphatic rings. The summed E-state index contributed by atoms with van der Waals surface area (Å²) in [7, 11) is 1.82. The van der Waals surface area contributed by atoms with Crippen LogP contribution in [0.15, 0.2) is 24.3 Å². The largest absolute Gasteiger partial charge is 0.444 e. The number of hydrogen-bond donors (Lipinski definition) is 5. The van der Waals surface area contributed by atoms with Crippen molar-refractivity contribution in [2.75, 3.05) is 33.2 Å². The first kappa shape index (κ1) is 27.6. The Kier molecular flexibility index (Phi) is 9.00. The lowest BCUT2D eigenvalue weighted by molar-refractivity contribution is -0.137. The average Bonchev–Trinajstić information content (AvgIpc) is 2.80. The Morgan fingerprint density at radius 1 is 1.17 bits per heavy atom. The van der Waals surface area contributed by atoms with Gasteiger partial charge in [-0.3, -0.25) is 31.1 Å². The number of rotatable bonds is 6. The van der Waals surface area contributed by atoms with Crippen molar-refractivity contribution >= 4 is 6.09 Å². The van der Waals surface area contributed by atoms with Gasteiger partial charge in [-0.15, -0.1) is 0 Å². The number of hydrogen-bond acceptors (Lipinski definition) is 8. The first-order valence-electron chi connectivity index (χ1n) is 12.0. The van der Waals surface area contributed by atoms with Gasteiger partial charge in [-0.25, -0.2) is 4.79 Å². The minimum absolute atomic E-state index is 0.219. The SMILES string of the molecule is CCN(Cc1ccc(C(F)(F)F)cc1)C1NC(NC)NC(C2CNCCN2C(=O)OC(C)(C)C)N1. The molecule has 9 nitrogen and oxygen atoms in total. The Labute approximate surface area is 205 Å². The second kappa shape index (κ2) is 11.4. The van der Waals surface area contributed by atoms with Crippen LogP contribution >= 0.6 is 0 Å². The zero-order chi connectivity index (χ0) is 25.8. The van der Waals surface area contributed by atoms with E-state index in [9.17, 15) is 18.0 Å². The molecule has 0 spiro atoms. The number of alkyl halides is 3. The molecule has 1 amide bonds. The van der Waals surface area contributed by atoms with Crippen molar-refractivity contribution in [3.8, 4) is 0 Å². The van der Waals surface area contributed by atoms with Gasteiger partial charge in [0.05, 0.1) is 17.8 Å². The van der Waals surface area contributed by atoms with E-state index in [1.54, 1.807) is 4.90 Å². The van der Waals surface area contributed by atoms with Crippen LogP contribution < -0.4 is 26.6 Å². The van der Waals surface area contributed by atoms with Crippen LogP contribution in [0.1, 0.15) is 38.8 Å². The number of carbonyl (C=O) groups excluding carboxylic acids is 1. The molecule has 4 atom stereocenters. The third-order valence-electron chi connectivity index (χ3n) is 6.03. The molecule has 12 heteroatoms. The van der Waals surface area contributed by atoms with Crippen molar-refractivity contribution in [2.24, 2.45) is 0 Å². The van der Waals surface area contributed by atoms with E-state index < -0.39 is 17.3 Å². The Morgan fingerprint density at radius 3 is 2.43 bits per heavy atom. The van der Waals surface area contributed by atoms with Gasteiger partial charge < -0.3 is 10.1 Å². The first-order chi connectivity index (χ1) is 16.4. The fourth-order valence-electron chi connectivity index (χ4n) is 4.24. The summed E-state index contributed by atoms with van der Waals surface area (Å²) in [6, 6.07) is 5.02. The number of carbonyl (C=O) groups is 1. The molecule has 35 heavy (non-hydrogen) atoms. The molecule has 2 heterocycles. The summed E-state index contributed by atoms with van der Waals surface area (Å²) in [6.07, 6.45) is -5.55. The summed E-state index contributed by atoms with van der Waals surface area (Å²) in [6.45, 7) is 10.4. The van der Waals surface area contributed by atoms with E-state index in [2.05, 4.69) is 31.5 Å². The number of halogens is 3. The standard InChI is InChI=1S/C23H38F3N7O2/c1-6-32(14-15-7-9-16(10-8-15)23(24,25)26)20-30-18(29-19(27-5)31-20)17-13-28-11-12-33(17)21(34)35-22(2,3)4/h7-10,17-20,27-31H,6,11-14H2,1-5H3. The highest BCUT2D eigenvalue weighted by Gasteiger charge is 2.40. The molecule has 2 saturated heterocycles. The smallest absolute Gasteiger partial charge is 0.416 e. The van der Waals surface area contributed by atoms with E-state index in [1.807, 2.05) is 34.7 Å². The molecular weight excluding hydrogens is 463 g/mol. The number of piperazine rings is 1. The molecule has 1 aromatic rings. The van der Waals surface area contributed by atoms with Crippen molar-refractivity contribution in [3.63, 3.8) is 0 Å². The highest BCUT2D eigenvalue weighted by atomic mass is 19.4. The minimum atomic E-state index is -4.36. The molecule has 198 valence electrons. The summed E-state index contributed by atoms with van der Waals surface area (Å²) in [5, 5.41) is 16.9. The van der Waals surface area contributed by atoms with E-state index >= 15 is 0 Å². The molecule has 0 radical (unpaired) electrons. The Morgan fingerprint density at radius 2 is 1.86 bits per heavy atom. The lowest BCUT2D eigenvalue weighted by atomic mass is 10.1. The second-order valence-electron chi connectivity index (χ2n) is 9.80. The van der Waals surface area contributed by atoms with Crippen LogP contribution in [-0.2, 0) is 17.5 Å². The Bertz CT molecular complexity index is 832. The van der Waals surface area contributed by atoms with Crippen LogP contribution in [0.5, 0.6) is 0 Å². The zero-order valence-corrected chi connectivity index (χ0v) is 21.0. The number of nitrogens with zero attached hydrogens (tertiary/aromatic N) is 2. The normalized spacial score (nSPS) is 26.1. The average molecular weight is 502 g/mol. The number of amides is 1. The van der Waals surface area contributed by atoms with Gasteiger partial charge in [-0.2, -0.15) is 13.2 Å². The molecule has 2 aliphatic heterocycles. The molecular formula is C23H38F3N7O2. The predicted octanol–water partition coefficient (Wildman–Crippen LogP) is 1.63.